The van der Waals surface area contributed by atoms with Gasteiger partial charge in [0.2, 0.25) is 0 Å². The van der Waals surface area contributed by atoms with Crippen molar-refractivity contribution in [3.63, 3.8) is 0 Å². The van der Waals surface area contributed by atoms with Crippen LogP contribution in [-0.2, 0) is 12.6 Å². The lowest BCUT2D eigenvalue weighted by Gasteiger charge is -2.14. The van der Waals surface area contributed by atoms with Crippen molar-refractivity contribution in [1.82, 2.24) is 24.1 Å². The lowest BCUT2D eigenvalue weighted by Crippen LogP contribution is -2.18. The third-order valence-electron chi connectivity index (χ3n) is 4.66. The Kier molecular flexibility index (Phi) is 3.09. The van der Waals surface area contributed by atoms with Crippen molar-refractivity contribution in [2.24, 2.45) is 12.8 Å². The van der Waals surface area contributed by atoms with E-state index >= 15 is 0 Å². The molecule has 3 aromatic rings. The first-order valence-corrected chi connectivity index (χ1v) is 7.86. The number of hydrogen-bond acceptors (Lipinski definition) is 5. The first kappa shape index (κ1) is 15.2. The molecule has 3 heterocycles. The quantitative estimate of drug-likeness (QED) is 0.670. The van der Waals surface area contributed by atoms with Gasteiger partial charge in [0, 0.05) is 12.6 Å². The van der Waals surface area contributed by atoms with Gasteiger partial charge in [-0.15, -0.1) is 0 Å². The first-order chi connectivity index (χ1) is 11.9. The number of carbonyl (C=O) groups excluding carboxylic acids is 1. The maximum Gasteiger partial charge on any atom is 0.252 e. The van der Waals surface area contributed by atoms with Gasteiger partial charge in [0.05, 0.1) is 23.5 Å². The second kappa shape index (κ2) is 5.08. The van der Waals surface area contributed by atoms with Crippen molar-refractivity contribution in [1.29, 1.82) is 0 Å². The Morgan fingerprint density at radius 2 is 2.08 bits per heavy atom. The number of imidazole rings is 1. The Labute approximate surface area is 143 Å². The number of aromatic nitrogens is 5. The number of fused-ring (bicyclic) bond motifs is 1. The van der Waals surface area contributed by atoms with Crippen molar-refractivity contribution in [2.75, 3.05) is 5.73 Å². The van der Waals surface area contributed by atoms with Crippen LogP contribution >= 0.6 is 0 Å². The summed E-state index contributed by atoms with van der Waals surface area (Å²) in [6.07, 6.45) is 6.67. The van der Waals surface area contributed by atoms with E-state index in [1.165, 1.54) is 6.33 Å². The number of nitrogens with zero attached hydrogens (tertiary/aromatic N) is 5. The summed E-state index contributed by atoms with van der Waals surface area (Å²) in [5.74, 6) is 5.79. The number of aryl methyl sites for hydroxylation is 1. The first-order valence-electron chi connectivity index (χ1n) is 7.86. The van der Waals surface area contributed by atoms with E-state index in [-0.39, 0.29) is 16.9 Å². The lowest BCUT2D eigenvalue weighted by atomic mass is 10.1. The van der Waals surface area contributed by atoms with Crippen LogP contribution in [0.1, 0.15) is 41.5 Å². The fourth-order valence-corrected chi connectivity index (χ4v) is 3.02. The van der Waals surface area contributed by atoms with E-state index in [0.29, 0.717) is 16.7 Å². The Morgan fingerprint density at radius 1 is 1.32 bits per heavy atom. The molecule has 8 heteroatoms. The van der Waals surface area contributed by atoms with E-state index < -0.39 is 5.91 Å². The molecule has 1 aliphatic rings. The average molecular weight is 335 g/mol. The maximum atomic E-state index is 12.2. The fraction of sp³-hybridized carbons (Fsp3) is 0.294. The number of rotatable bonds is 2. The molecule has 1 aliphatic carbocycles. The van der Waals surface area contributed by atoms with Gasteiger partial charge < -0.3 is 20.6 Å². The molecule has 0 spiro atoms. The second-order valence-corrected chi connectivity index (χ2v) is 6.52. The minimum Gasteiger partial charge on any atom is -0.383 e. The highest BCUT2D eigenvalue weighted by Crippen LogP contribution is 2.47. The van der Waals surface area contributed by atoms with Gasteiger partial charge in [-0.25, -0.2) is 15.0 Å². The maximum absolute atomic E-state index is 12.2. The van der Waals surface area contributed by atoms with Crippen LogP contribution in [0.15, 0.2) is 18.9 Å². The van der Waals surface area contributed by atoms with Crippen LogP contribution in [0.2, 0.25) is 0 Å². The number of carbonyl (C=O) groups is 1. The summed E-state index contributed by atoms with van der Waals surface area (Å²) in [4.78, 5) is 24.6. The van der Waals surface area contributed by atoms with Gasteiger partial charge in [0.25, 0.3) is 5.91 Å². The Hall–Kier alpha value is -3.34. The summed E-state index contributed by atoms with van der Waals surface area (Å²) < 4.78 is 3.78. The van der Waals surface area contributed by atoms with Gasteiger partial charge in [-0.1, -0.05) is 0 Å². The largest absolute Gasteiger partial charge is 0.383 e. The molecule has 1 amide bonds. The molecule has 3 aromatic heterocycles. The molecular weight excluding hydrogens is 318 g/mol. The number of nitrogens with two attached hydrogens (primary N) is 2. The minimum absolute atomic E-state index is 0.150. The minimum atomic E-state index is -0.594. The van der Waals surface area contributed by atoms with Crippen LogP contribution in [0.25, 0.3) is 11.0 Å². The molecule has 0 atom stereocenters. The number of nitrogen functional groups attached to an aromatic ring is 1. The Morgan fingerprint density at radius 3 is 2.68 bits per heavy atom. The summed E-state index contributed by atoms with van der Waals surface area (Å²) in [7, 11) is 1.85. The fourth-order valence-electron chi connectivity index (χ4n) is 3.02. The summed E-state index contributed by atoms with van der Waals surface area (Å²) in [6.45, 7) is 2.10. The van der Waals surface area contributed by atoms with E-state index in [9.17, 15) is 4.79 Å². The predicted molar refractivity (Wildman–Crippen MR) is 92.5 cm³/mol. The van der Waals surface area contributed by atoms with E-state index in [4.69, 9.17) is 11.5 Å². The van der Waals surface area contributed by atoms with E-state index in [0.717, 1.165) is 18.5 Å². The molecule has 0 aliphatic heterocycles. The van der Waals surface area contributed by atoms with Crippen LogP contribution in [0.5, 0.6) is 0 Å². The highest BCUT2D eigenvalue weighted by Gasteiger charge is 2.43. The molecular formula is C17H17N7O. The standard InChI is InChI=1S/C17H17N7O/c1-17(5-6-17)24-11(4-3-10-7-20-9-23(10)2)12(15(19)25)13-14(18)21-8-22-16(13)24/h7-9H,5-6H2,1-2H3,(H2,19,25)(H2,18,21,22). The zero-order valence-electron chi connectivity index (χ0n) is 13.9. The lowest BCUT2D eigenvalue weighted by molar-refractivity contribution is 0.100. The van der Waals surface area contributed by atoms with Crippen LogP contribution in [0.4, 0.5) is 5.82 Å². The highest BCUT2D eigenvalue weighted by molar-refractivity contribution is 6.11. The van der Waals surface area contributed by atoms with Gasteiger partial charge in [0.1, 0.15) is 29.2 Å². The van der Waals surface area contributed by atoms with Gasteiger partial charge >= 0.3 is 0 Å². The predicted octanol–water partition coefficient (Wildman–Crippen LogP) is 0.755. The van der Waals surface area contributed by atoms with Crippen LogP contribution in [0.3, 0.4) is 0 Å². The Balaban J connectivity index is 2.07. The monoisotopic (exact) mass is 335 g/mol. The number of primary amides is 1. The molecule has 126 valence electrons. The molecule has 0 radical (unpaired) electrons. The molecule has 25 heavy (non-hydrogen) atoms. The molecule has 1 saturated carbocycles. The van der Waals surface area contributed by atoms with Gasteiger partial charge in [-0.2, -0.15) is 0 Å². The molecule has 4 N–H and O–H groups in total. The molecule has 0 unspecified atom stereocenters. The van der Waals surface area contributed by atoms with E-state index in [1.54, 1.807) is 17.1 Å². The van der Waals surface area contributed by atoms with Gasteiger partial charge in [-0.3, -0.25) is 4.79 Å². The Bertz CT molecular complexity index is 1080. The molecule has 0 aromatic carbocycles. The van der Waals surface area contributed by atoms with Crippen LogP contribution in [-0.4, -0.2) is 30.0 Å². The SMILES string of the molecule is Cn1cncc1C#Cc1c(C(N)=O)c2c(N)ncnc2n1C1(C)CC1. The third-order valence-corrected chi connectivity index (χ3v) is 4.66. The number of hydrogen-bond donors (Lipinski definition) is 2. The molecule has 0 saturated heterocycles. The van der Waals surface area contributed by atoms with E-state index in [2.05, 4.69) is 33.7 Å². The smallest absolute Gasteiger partial charge is 0.252 e. The van der Waals surface area contributed by atoms with E-state index in [1.807, 2.05) is 11.6 Å². The second-order valence-electron chi connectivity index (χ2n) is 6.52. The van der Waals surface area contributed by atoms with Crippen molar-refractivity contribution in [3.05, 3.63) is 35.8 Å². The average Bonchev–Trinajstić information content (AvgIpc) is 3.02. The summed E-state index contributed by atoms with van der Waals surface area (Å²) in [5.41, 5.74) is 13.6. The number of amides is 1. The van der Waals surface area contributed by atoms with Crippen LogP contribution in [0, 0.1) is 11.8 Å². The van der Waals surface area contributed by atoms with Crippen molar-refractivity contribution < 1.29 is 4.79 Å². The zero-order valence-corrected chi connectivity index (χ0v) is 13.9. The number of anilines is 1. The summed E-state index contributed by atoms with van der Waals surface area (Å²) in [6, 6.07) is 0. The molecule has 0 bridgehead atoms. The van der Waals surface area contributed by atoms with Crippen molar-refractivity contribution >= 4 is 22.8 Å². The normalized spacial score (nSPS) is 15.0. The van der Waals surface area contributed by atoms with Crippen LogP contribution < -0.4 is 11.5 Å². The zero-order chi connectivity index (χ0) is 17.8. The topological polar surface area (TPSA) is 118 Å². The summed E-state index contributed by atoms with van der Waals surface area (Å²) in [5, 5.41) is 0.470. The van der Waals surface area contributed by atoms with Gasteiger partial charge in [0.15, 0.2) is 0 Å². The van der Waals surface area contributed by atoms with Crippen molar-refractivity contribution in [3.8, 4) is 11.8 Å². The molecule has 1 fully saturated rings. The van der Waals surface area contributed by atoms with Crippen molar-refractivity contribution in [2.45, 2.75) is 25.3 Å². The summed E-state index contributed by atoms with van der Waals surface area (Å²) >= 11 is 0. The molecule has 4 rings (SSSR count). The highest BCUT2D eigenvalue weighted by atomic mass is 16.1. The van der Waals surface area contributed by atoms with Gasteiger partial charge in [-0.05, 0) is 31.6 Å². The molecule has 8 nitrogen and oxygen atoms in total. The third kappa shape index (κ3) is 2.24.